The highest BCUT2D eigenvalue weighted by Gasteiger charge is 2.20. The van der Waals surface area contributed by atoms with Crippen molar-refractivity contribution in [2.75, 3.05) is 26.2 Å². The Kier molecular flexibility index (Phi) is 6.57. The zero-order valence-corrected chi connectivity index (χ0v) is 16.5. The van der Waals surface area contributed by atoms with Crippen LogP contribution in [0.3, 0.4) is 0 Å². The number of H-pyrrole nitrogens is 1. The first-order chi connectivity index (χ1) is 13.4. The molecule has 150 valence electrons. The van der Waals surface area contributed by atoms with Crippen LogP contribution in [-0.2, 0) is 17.8 Å². The van der Waals surface area contributed by atoms with Gasteiger partial charge in [-0.25, -0.2) is 9.18 Å². The molecule has 0 unspecified atom stereocenters. The largest absolute Gasteiger partial charge is 0.345 e. The Bertz CT molecular complexity index is 853. The number of aromatic nitrogens is 2. The van der Waals surface area contributed by atoms with E-state index in [2.05, 4.69) is 14.9 Å². The smallest absolute Gasteiger partial charge is 0.341 e. The van der Waals surface area contributed by atoms with Gasteiger partial charge < -0.3 is 9.88 Å². The summed E-state index contributed by atoms with van der Waals surface area (Å²) in [5.41, 5.74) is 3.15. The number of hydrogen-bond acceptors (Lipinski definition) is 4. The quantitative estimate of drug-likeness (QED) is 0.855. The number of halogens is 1. The van der Waals surface area contributed by atoms with E-state index in [-0.39, 0.29) is 17.4 Å². The zero-order valence-electron chi connectivity index (χ0n) is 16.5. The number of amides is 1. The van der Waals surface area contributed by atoms with Gasteiger partial charge in [0.25, 0.3) is 0 Å². The van der Waals surface area contributed by atoms with Crippen LogP contribution in [0.5, 0.6) is 0 Å². The molecule has 1 N–H and O–H groups in total. The summed E-state index contributed by atoms with van der Waals surface area (Å²) in [5, 5.41) is 0. The molecule has 1 fully saturated rings. The highest BCUT2D eigenvalue weighted by Crippen LogP contribution is 2.13. The summed E-state index contributed by atoms with van der Waals surface area (Å²) in [4.78, 5) is 35.0. The van der Waals surface area contributed by atoms with Crippen molar-refractivity contribution in [3.05, 3.63) is 63.1 Å². The lowest BCUT2D eigenvalue weighted by molar-refractivity contribution is -0.131. The molecule has 1 aromatic carbocycles. The second-order valence-electron chi connectivity index (χ2n) is 7.37. The van der Waals surface area contributed by atoms with Crippen LogP contribution < -0.4 is 5.69 Å². The third-order valence-electron chi connectivity index (χ3n) is 5.30. The highest BCUT2D eigenvalue weighted by molar-refractivity contribution is 5.76. The molecule has 0 bridgehead atoms. The molecule has 0 saturated carbocycles. The molecule has 0 aliphatic carbocycles. The number of benzene rings is 1. The van der Waals surface area contributed by atoms with Gasteiger partial charge in [0.2, 0.25) is 5.91 Å². The van der Waals surface area contributed by atoms with E-state index in [9.17, 15) is 14.0 Å². The van der Waals surface area contributed by atoms with E-state index in [1.807, 2.05) is 24.0 Å². The van der Waals surface area contributed by atoms with Crippen LogP contribution in [-0.4, -0.2) is 51.9 Å². The maximum atomic E-state index is 13.1. The molecule has 2 heterocycles. The normalized spacial score (nSPS) is 15.5. The Morgan fingerprint density at radius 2 is 1.89 bits per heavy atom. The van der Waals surface area contributed by atoms with Gasteiger partial charge in [0, 0.05) is 50.5 Å². The topological polar surface area (TPSA) is 69.3 Å². The fourth-order valence-electron chi connectivity index (χ4n) is 3.74. The van der Waals surface area contributed by atoms with E-state index in [0.29, 0.717) is 25.1 Å². The van der Waals surface area contributed by atoms with E-state index in [1.54, 1.807) is 6.92 Å². The maximum Gasteiger partial charge on any atom is 0.345 e. The molecule has 1 aliphatic rings. The number of hydrogen-bond donors (Lipinski definition) is 1. The molecule has 3 rings (SSSR count). The van der Waals surface area contributed by atoms with Crippen molar-refractivity contribution in [1.82, 2.24) is 19.8 Å². The molecule has 6 nitrogen and oxygen atoms in total. The number of nitrogens with one attached hydrogen (secondary N) is 1. The van der Waals surface area contributed by atoms with Crippen LogP contribution in [0.2, 0.25) is 0 Å². The number of carbonyl (C=O) groups excluding carboxylic acids is 1. The lowest BCUT2D eigenvalue weighted by atomic mass is 10.1. The molecule has 1 saturated heterocycles. The minimum absolute atomic E-state index is 0.133. The molecule has 1 aromatic heterocycles. The van der Waals surface area contributed by atoms with Crippen molar-refractivity contribution in [1.29, 1.82) is 0 Å². The van der Waals surface area contributed by atoms with Gasteiger partial charge in [-0.05, 0) is 49.9 Å². The zero-order chi connectivity index (χ0) is 20.1. The summed E-state index contributed by atoms with van der Waals surface area (Å²) in [6, 6.07) is 6.59. The SMILES string of the molecule is Cc1nc(=O)[nH]c(C)c1CCC(=O)N1CCCN(Cc2ccc(F)cc2)CC1. The molecule has 2 aromatic rings. The van der Waals surface area contributed by atoms with Crippen molar-refractivity contribution < 1.29 is 9.18 Å². The molecule has 1 amide bonds. The molecule has 0 spiro atoms. The average molecular weight is 386 g/mol. The minimum atomic E-state index is -0.348. The van der Waals surface area contributed by atoms with Crippen LogP contribution >= 0.6 is 0 Å². The molecule has 1 aliphatic heterocycles. The lowest BCUT2D eigenvalue weighted by Gasteiger charge is -2.22. The molecule has 0 radical (unpaired) electrons. The third-order valence-corrected chi connectivity index (χ3v) is 5.30. The standard InChI is InChI=1S/C21H27FN4O2/c1-15-19(16(2)24-21(28)23-15)8-9-20(27)26-11-3-10-25(12-13-26)14-17-4-6-18(22)7-5-17/h4-7H,3,8-14H2,1-2H3,(H,23,24,28). The monoisotopic (exact) mass is 386 g/mol. The Balaban J connectivity index is 1.53. The van der Waals surface area contributed by atoms with Gasteiger partial charge >= 0.3 is 5.69 Å². The predicted octanol–water partition coefficient (Wildman–Crippen LogP) is 2.19. The fourth-order valence-corrected chi connectivity index (χ4v) is 3.74. The summed E-state index contributed by atoms with van der Waals surface area (Å²) in [5.74, 6) is -0.0896. The van der Waals surface area contributed by atoms with Crippen molar-refractivity contribution in [2.24, 2.45) is 0 Å². The summed E-state index contributed by atoms with van der Waals surface area (Å²) in [7, 11) is 0. The summed E-state index contributed by atoms with van der Waals surface area (Å²) in [6.45, 7) is 7.59. The van der Waals surface area contributed by atoms with E-state index in [0.717, 1.165) is 49.4 Å². The summed E-state index contributed by atoms with van der Waals surface area (Å²) < 4.78 is 13.1. The first-order valence-corrected chi connectivity index (χ1v) is 9.73. The minimum Gasteiger partial charge on any atom is -0.341 e. The van der Waals surface area contributed by atoms with Crippen LogP contribution in [0.1, 0.15) is 35.4 Å². The van der Waals surface area contributed by atoms with E-state index in [4.69, 9.17) is 0 Å². The predicted molar refractivity (Wildman–Crippen MR) is 106 cm³/mol. The Morgan fingerprint density at radius 1 is 1.14 bits per heavy atom. The lowest BCUT2D eigenvalue weighted by Crippen LogP contribution is -2.35. The fraction of sp³-hybridized carbons (Fsp3) is 0.476. The van der Waals surface area contributed by atoms with Crippen LogP contribution in [0.25, 0.3) is 0 Å². The Labute approximate surface area is 164 Å². The third kappa shape index (κ3) is 5.25. The van der Waals surface area contributed by atoms with Gasteiger partial charge in [0.1, 0.15) is 5.82 Å². The second kappa shape index (κ2) is 9.10. The van der Waals surface area contributed by atoms with E-state index < -0.39 is 0 Å². The van der Waals surface area contributed by atoms with Gasteiger partial charge in [-0.15, -0.1) is 0 Å². The summed E-state index contributed by atoms with van der Waals surface area (Å²) in [6.07, 6.45) is 1.91. The first-order valence-electron chi connectivity index (χ1n) is 9.73. The molecule has 0 atom stereocenters. The molecular weight excluding hydrogens is 359 g/mol. The number of aryl methyl sites for hydroxylation is 2. The van der Waals surface area contributed by atoms with E-state index >= 15 is 0 Å². The van der Waals surface area contributed by atoms with Crippen molar-refractivity contribution >= 4 is 5.91 Å². The summed E-state index contributed by atoms with van der Waals surface area (Å²) >= 11 is 0. The number of carbonyl (C=O) groups is 1. The molecule has 28 heavy (non-hydrogen) atoms. The molecule has 7 heteroatoms. The number of nitrogens with zero attached hydrogens (tertiary/aromatic N) is 3. The highest BCUT2D eigenvalue weighted by atomic mass is 19.1. The maximum absolute atomic E-state index is 13.1. The average Bonchev–Trinajstić information content (AvgIpc) is 2.88. The Morgan fingerprint density at radius 3 is 2.61 bits per heavy atom. The first kappa shape index (κ1) is 20.2. The van der Waals surface area contributed by atoms with Gasteiger partial charge in [-0.2, -0.15) is 4.98 Å². The molecular formula is C21H27FN4O2. The number of aromatic amines is 1. The Hall–Kier alpha value is -2.54. The number of rotatable bonds is 5. The van der Waals surface area contributed by atoms with Crippen LogP contribution in [0, 0.1) is 19.7 Å². The second-order valence-corrected chi connectivity index (χ2v) is 7.37. The van der Waals surface area contributed by atoms with Gasteiger partial charge in [0.05, 0.1) is 0 Å². The van der Waals surface area contributed by atoms with Gasteiger partial charge in [-0.1, -0.05) is 12.1 Å². The van der Waals surface area contributed by atoms with Gasteiger partial charge in [0.15, 0.2) is 0 Å². The van der Waals surface area contributed by atoms with Crippen LogP contribution in [0.15, 0.2) is 29.1 Å². The van der Waals surface area contributed by atoms with Crippen LogP contribution in [0.4, 0.5) is 4.39 Å². The van der Waals surface area contributed by atoms with Gasteiger partial charge in [-0.3, -0.25) is 9.69 Å². The van der Waals surface area contributed by atoms with E-state index in [1.165, 1.54) is 12.1 Å². The van der Waals surface area contributed by atoms with Crippen molar-refractivity contribution in [3.63, 3.8) is 0 Å². The van der Waals surface area contributed by atoms with Crippen molar-refractivity contribution in [3.8, 4) is 0 Å². The van der Waals surface area contributed by atoms with Crippen molar-refractivity contribution in [2.45, 2.75) is 39.7 Å².